The van der Waals surface area contributed by atoms with Gasteiger partial charge < -0.3 is 14.6 Å². The fourth-order valence-corrected chi connectivity index (χ4v) is 3.51. The van der Waals surface area contributed by atoms with Gasteiger partial charge in [-0.25, -0.2) is 4.98 Å². The van der Waals surface area contributed by atoms with Crippen LogP contribution in [0.2, 0.25) is 0 Å². The third kappa shape index (κ3) is 4.37. The summed E-state index contributed by atoms with van der Waals surface area (Å²) < 4.78 is 10.6. The van der Waals surface area contributed by atoms with Crippen LogP contribution in [0.15, 0.2) is 53.2 Å². The summed E-state index contributed by atoms with van der Waals surface area (Å²) in [4.78, 5) is 11.5. The lowest BCUT2D eigenvalue weighted by atomic mass is 10.2. The maximum atomic E-state index is 5.62. The van der Waals surface area contributed by atoms with Crippen LogP contribution < -0.4 is 5.32 Å². The van der Waals surface area contributed by atoms with Crippen LogP contribution in [-0.2, 0) is 11.3 Å². The molecule has 0 saturated carbocycles. The van der Waals surface area contributed by atoms with Crippen molar-refractivity contribution in [2.24, 2.45) is 0 Å². The number of pyridine rings is 1. The Morgan fingerprint density at radius 1 is 1.21 bits per heavy atom. The number of nitrogens with one attached hydrogen (secondary N) is 1. The minimum Gasteiger partial charge on any atom is -0.383 e. The van der Waals surface area contributed by atoms with E-state index in [9.17, 15) is 0 Å². The molecule has 0 unspecified atom stereocenters. The monoisotopic (exact) mass is 379 g/mol. The zero-order valence-corrected chi connectivity index (χ0v) is 16.0. The van der Waals surface area contributed by atoms with Crippen molar-refractivity contribution in [2.45, 2.75) is 25.4 Å². The molecule has 0 amide bonds. The van der Waals surface area contributed by atoms with E-state index in [1.807, 2.05) is 18.2 Å². The van der Waals surface area contributed by atoms with Crippen molar-refractivity contribution in [3.05, 3.63) is 60.1 Å². The lowest BCUT2D eigenvalue weighted by molar-refractivity contribution is 0.201. The topological polar surface area (TPSA) is 76.3 Å². The number of aromatic nitrogens is 3. The molecule has 146 valence electrons. The number of hydrogen-bond acceptors (Lipinski definition) is 7. The number of likely N-dealkylation sites (tertiary alicyclic amines) is 1. The summed E-state index contributed by atoms with van der Waals surface area (Å²) in [6.07, 6.45) is 3.94. The van der Waals surface area contributed by atoms with Crippen LogP contribution in [0.1, 0.15) is 30.3 Å². The van der Waals surface area contributed by atoms with Crippen molar-refractivity contribution in [1.29, 1.82) is 0 Å². The van der Waals surface area contributed by atoms with Crippen LogP contribution >= 0.6 is 0 Å². The van der Waals surface area contributed by atoms with Gasteiger partial charge in [0.2, 0.25) is 11.7 Å². The van der Waals surface area contributed by atoms with Gasteiger partial charge in [0, 0.05) is 32.0 Å². The first-order chi connectivity index (χ1) is 13.8. The molecule has 0 bridgehead atoms. The Bertz CT molecular complexity index is 866. The zero-order chi connectivity index (χ0) is 19.2. The molecule has 1 fully saturated rings. The van der Waals surface area contributed by atoms with Crippen LogP contribution in [0.4, 0.5) is 5.82 Å². The lowest BCUT2D eigenvalue weighted by Crippen LogP contribution is -2.22. The molecule has 1 saturated heterocycles. The lowest BCUT2D eigenvalue weighted by Gasteiger charge is -2.21. The Morgan fingerprint density at radius 2 is 2.11 bits per heavy atom. The van der Waals surface area contributed by atoms with Gasteiger partial charge in [-0.05, 0) is 37.1 Å². The highest BCUT2D eigenvalue weighted by Gasteiger charge is 2.30. The molecule has 0 radical (unpaired) electrons. The van der Waals surface area contributed by atoms with Gasteiger partial charge in [0.25, 0.3) is 0 Å². The third-order valence-electron chi connectivity index (χ3n) is 4.95. The zero-order valence-electron chi connectivity index (χ0n) is 16.0. The Kier molecular flexibility index (Phi) is 5.94. The molecule has 2 aromatic heterocycles. The second kappa shape index (κ2) is 8.95. The van der Waals surface area contributed by atoms with Crippen molar-refractivity contribution < 1.29 is 9.26 Å². The van der Waals surface area contributed by atoms with Crippen molar-refractivity contribution in [3.8, 4) is 11.4 Å². The minimum absolute atomic E-state index is 0.171. The molecule has 0 spiro atoms. The first kappa shape index (κ1) is 18.6. The standard InChI is InChI=1S/C21H25N5O2/c1-27-13-11-22-19-10-9-17(14-23-19)20-24-21(28-25-20)18-8-5-12-26(18)15-16-6-3-2-4-7-16/h2-4,6-7,9-10,14,18H,5,8,11-13,15H2,1H3,(H,22,23)/t18-/m0/s1. The second-order valence-corrected chi connectivity index (χ2v) is 6.92. The first-order valence-corrected chi connectivity index (χ1v) is 9.64. The van der Waals surface area contributed by atoms with Gasteiger partial charge in [-0.15, -0.1) is 0 Å². The van der Waals surface area contributed by atoms with Crippen molar-refractivity contribution >= 4 is 5.82 Å². The third-order valence-corrected chi connectivity index (χ3v) is 4.95. The highest BCUT2D eigenvalue weighted by molar-refractivity contribution is 5.55. The van der Waals surface area contributed by atoms with E-state index in [0.717, 1.165) is 37.3 Å². The van der Waals surface area contributed by atoms with E-state index < -0.39 is 0 Å². The normalized spacial score (nSPS) is 17.1. The molecule has 1 aromatic carbocycles. The Hall–Kier alpha value is -2.77. The van der Waals surface area contributed by atoms with Gasteiger partial charge in [0.15, 0.2) is 0 Å². The largest absolute Gasteiger partial charge is 0.383 e. The maximum Gasteiger partial charge on any atom is 0.244 e. The highest BCUT2D eigenvalue weighted by Crippen LogP contribution is 2.33. The van der Waals surface area contributed by atoms with Gasteiger partial charge in [-0.2, -0.15) is 4.98 Å². The van der Waals surface area contributed by atoms with E-state index in [-0.39, 0.29) is 6.04 Å². The average molecular weight is 379 g/mol. The molecule has 1 aliphatic heterocycles. The number of ether oxygens (including phenoxy) is 1. The molecule has 7 nitrogen and oxygen atoms in total. The van der Waals surface area contributed by atoms with Gasteiger partial charge >= 0.3 is 0 Å². The average Bonchev–Trinajstić information content (AvgIpc) is 3.39. The molecule has 1 atom stereocenters. The quantitative estimate of drug-likeness (QED) is 0.600. The summed E-state index contributed by atoms with van der Waals surface area (Å²) in [7, 11) is 1.68. The van der Waals surface area contributed by atoms with Crippen molar-refractivity contribution in [3.63, 3.8) is 0 Å². The number of nitrogens with zero attached hydrogens (tertiary/aromatic N) is 4. The van der Waals surface area contributed by atoms with Crippen LogP contribution in [0.5, 0.6) is 0 Å². The summed E-state index contributed by atoms with van der Waals surface area (Å²) in [5, 5.41) is 7.38. The SMILES string of the molecule is COCCNc1ccc(-c2noc([C@@H]3CCCN3Cc3ccccc3)n2)cn1. The van der Waals surface area contributed by atoms with Crippen LogP contribution in [0.25, 0.3) is 11.4 Å². The molecule has 1 N–H and O–H groups in total. The Labute approximate surface area is 164 Å². The number of rotatable bonds is 8. The van der Waals surface area contributed by atoms with Gasteiger partial charge in [-0.3, -0.25) is 4.90 Å². The molecule has 3 aromatic rings. The highest BCUT2D eigenvalue weighted by atomic mass is 16.5. The van der Waals surface area contributed by atoms with Crippen molar-refractivity contribution in [1.82, 2.24) is 20.0 Å². The van der Waals surface area contributed by atoms with E-state index in [1.54, 1.807) is 13.3 Å². The van der Waals surface area contributed by atoms with Gasteiger partial charge in [-0.1, -0.05) is 35.5 Å². The van der Waals surface area contributed by atoms with Crippen LogP contribution in [0, 0.1) is 0 Å². The first-order valence-electron chi connectivity index (χ1n) is 9.64. The number of anilines is 1. The fraction of sp³-hybridized carbons (Fsp3) is 0.381. The summed E-state index contributed by atoms with van der Waals surface area (Å²) in [5.74, 6) is 2.07. The molecular formula is C21H25N5O2. The van der Waals surface area contributed by atoms with E-state index >= 15 is 0 Å². The summed E-state index contributed by atoms with van der Waals surface area (Å²) >= 11 is 0. The molecule has 1 aliphatic rings. The van der Waals surface area contributed by atoms with Gasteiger partial charge in [0.1, 0.15) is 5.82 Å². The molecule has 4 rings (SSSR count). The van der Waals surface area contributed by atoms with E-state index in [2.05, 4.69) is 49.6 Å². The molecular weight excluding hydrogens is 354 g/mol. The minimum atomic E-state index is 0.171. The van der Waals surface area contributed by atoms with Crippen LogP contribution in [0.3, 0.4) is 0 Å². The Morgan fingerprint density at radius 3 is 2.89 bits per heavy atom. The van der Waals surface area contributed by atoms with E-state index in [4.69, 9.17) is 9.26 Å². The second-order valence-electron chi connectivity index (χ2n) is 6.92. The summed E-state index contributed by atoms with van der Waals surface area (Å²) in [6.45, 7) is 3.29. The number of hydrogen-bond donors (Lipinski definition) is 1. The molecule has 28 heavy (non-hydrogen) atoms. The predicted molar refractivity (Wildman–Crippen MR) is 107 cm³/mol. The smallest absolute Gasteiger partial charge is 0.244 e. The maximum absolute atomic E-state index is 5.62. The number of benzene rings is 1. The van der Waals surface area contributed by atoms with E-state index in [0.29, 0.717) is 24.9 Å². The predicted octanol–water partition coefficient (Wildman–Crippen LogP) is 3.53. The molecule has 7 heteroatoms. The fourth-order valence-electron chi connectivity index (χ4n) is 3.51. The van der Waals surface area contributed by atoms with Crippen LogP contribution in [-0.4, -0.2) is 46.8 Å². The summed E-state index contributed by atoms with van der Waals surface area (Å²) in [6, 6.07) is 14.5. The van der Waals surface area contributed by atoms with E-state index in [1.165, 1.54) is 5.56 Å². The van der Waals surface area contributed by atoms with Crippen molar-refractivity contribution in [2.75, 3.05) is 32.1 Å². The van der Waals surface area contributed by atoms with Gasteiger partial charge in [0.05, 0.1) is 12.6 Å². The number of methoxy groups -OCH3 is 1. The summed E-state index contributed by atoms with van der Waals surface area (Å²) in [5.41, 5.74) is 2.15. The molecule has 0 aliphatic carbocycles. The Balaban J connectivity index is 1.43. The molecule has 3 heterocycles.